The lowest BCUT2D eigenvalue weighted by Gasteiger charge is -2.38. The van der Waals surface area contributed by atoms with Crippen molar-refractivity contribution in [2.45, 2.75) is 6.42 Å². The molecule has 0 atom stereocenters. The van der Waals surface area contributed by atoms with Gasteiger partial charge in [-0.15, -0.1) is 0 Å². The van der Waals surface area contributed by atoms with E-state index in [1.54, 1.807) is 30.2 Å². The smallest absolute Gasteiger partial charge is 0.321 e. The summed E-state index contributed by atoms with van der Waals surface area (Å²) in [5.74, 6) is 0.322. The minimum Gasteiger partial charge on any atom is -0.493 e. The maximum absolute atomic E-state index is 12.0. The van der Waals surface area contributed by atoms with Crippen LogP contribution in [0.3, 0.4) is 0 Å². The third-order valence-corrected chi connectivity index (χ3v) is 3.34. The van der Waals surface area contributed by atoms with Crippen molar-refractivity contribution in [3.63, 3.8) is 0 Å². The molecule has 1 fully saturated rings. The van der Waals surface area contributed by atoms with Crippen molar-refractivity contribution < 1.29 is 24.2 Å². The number of benzene rings is 1. The average Bonchev–Trinajstić information content (AvgIpc) is 2.41. The van der Waals surface area contributed by atoms with Gasteiger partial charge in [-0.1, -0.05) is 0 Å². The molecule has 2 N–H and O–H groups in total. The molecule has 1 saturated heterocycles. The number of urea groups is 1. The maximum Gasteiger partial charge on any atom is 0.321 e. The first-order valence-electron chi connectivity index (χ1n) is 6.53. The number of nitrogens with zero attached hydrogens (tertiary/aromatic N) is 1. The van der Waals surface area contributed by atoms with E-state index in [0.717, 1.165) is 0 Å². The summed E-state index contributed by atoms with van der Waals surface area (Å²) in [7, 11) is 3.06. The van der Waals surface area contributed by atoms with Crippen LogP contribution in [-0.2, 0) is 4.79 Å². The number of aliphatic carboxylic acids is 1. The lowest BCUT2D eigenvalue weighted by molar-refractivity contribution is -0.139. The van der Waals surface area contributed by atoms with Gasteiger partial charge in [-0.05, 0) is 12.1 Å². The molecule has 2 rings (SSSR count). The molecule has 7 nitrogen and oxygen atoms in total. The predicted octanol–water partition coefficient (Wildman–Crippen LogP) is 1.64. The lowest BCUT2D eigenvalue weighted by atomic mass is 9.97. The molecule has 0 unspecified atom stereocenters. The van der Waals surface area contributed by atoms with Crippen molar-refractivity contribution in [1.29, 1.82) is 0 Å². The van der Waals surface area contributed by atoms with Gasteiger partial charge in [0.25, 0.3) is 0 Å². The molecule has 1 aliphatic rings. The quantitative estimate of drug-likeness (QED) is 0.862. The summed E-state index contributed by atoms with van der Waals surface area (Å²) in [5.41, 5.74) is 0.597. The van der Waals surface area contributed by atoms with Crippen LogP contribution in [0.4, 0.5) is 10.5 Å². The van der Waals surface area contributed by atoms with E-state index in [-0.39, 0.29) is 18.4 Å². The number of hydrogen-bond acceptors (Lipinski definition) is 4. The highest BCUT2D eigenvalue weighted by Crippen LogP contribution is 2.30. The number of methoxy groups -OCH3 is 2. The summed E-state index contributed by atoms with van der Waals surface area (Å²) in [6.45, 7) is 0.927. The van der Waals surface area contributed by atoms with Crippen LogP contribution >= 0.6 is 0 Å². The van der Waals surface area contributed by atoms with Gasteiger partial charge in [-0.3, -0.25) is 4.79 Å². The molecule has 1 heterocycles. The monoisotopic (exact) mass is 294 g/mol. The highest BCUT2D eigenvalue weighted by Gasteiger charge is 2.32. The number of carbonyl (C=O) groups is 2. The van der Waals surface area contributed by atoms with Crippen LogP contribution in [0.15, 0.2) is 18.2 Å². The van der Waals surface area contributed by atoms with Crippen molar-refractivity contribution in [3.05, 3.63) is 18.2 Å². The van der Waals surface area contributed by atoms with Gasteiger partial charge in [0.1, 0.15) is 0 Å². The number of hydrogen-bond donors (Lipinski definition) is 2. The molecule has 114 valence electrons. The van der Waals surface area contributed by atoms with Crippen LogP contribution in [0, 0.1) is 5.92 Å². The van der Waals surface area contributed by atoms with Gasteiger partial charge < -0.3 is 24.8 Å². The first kappa shape index (κ1) is 15.0. The minimum atomic E-state index is -0.833. The van der Waals surface area contributed by atoms with Crippen LogP contribution in [0.5, 0.6) is 11.5 Å². The van der Waals surface area contributed by atoms with E-state index in [4.69, 9.17) is 14.6 Å². The van der Waals surface area contributed by atoms with Gasteiger partial charge in [-0.2, -0.15) is 0 Å². The van der Waals surface area contributed by atoms with Gasteiger partial charge in [0.05, 0.1) is 20.6 Å². The Labute approximate surface area is 122 Å². The summed E-state index contributed by atoms with van der Waals surface area (Å²) >= 11 is 0. The van der Waals surface area contributed by atoms with Crippen LogP contribution in [0.1, 0.15) is 6.42 Å². The van der Waals surface area contributed by atoms with E-state index >= 15 is 0 Å². The molecule has 1 aromatic carbocycles. The second kappa shape index (κ2) is 6.34. The molecule has 0 aromatic heterocycles. The van der Waals surface area contributed by atoms with Crippen LogP contribution in [0.25, 0.3) is 0 Å². The van der Waals surface area contributed by atoms with Crippen molar-refractivity contribution in [2.75, 3.05) is 32.6 Å². The SMILES string of the molecule is COc1ccc(NC(=O)N2CC(CC(=O)O)C2)cc1OC. The Balaban J connectivity index is 1.90. The zero-order valence-electron chi connectivity index (χ0n) is 12.0. The van der Waals surface area contributed by atoms with Gasteiger partial charge >= 0.3 is 12.0 Å². The average molecular weight is 294 g/mol. The fraction of sp³-hybridized carbons (Fsp3) is 0.429. The maximum atomic E-state index is 12.0. The second-order valence-electron chi connectivity index (χ2n) is 4.87. The number of amides is 2. The van der Waals surface area contributed by atoms with Gasteiger partial charge in [0.2, 0.25) is 0 Å². The molecule has 0 saturated carbocycles. The van der Waals surface area contributed by atoms with Crippen molar-refractivity contribution >= 4 is 17.7 Å². The number of carbonyl (C=O) groups excluding carboxylic acids is 1. The third-order valence-electron chi connectivity index (χ3n) is 3.34. The lowest BCUT2D eigenvalue weighted by Crippen LogP contribution is -2.52. The number of nitrogens with one attached hydrogen (secondary N) is 1. The zero-order valence-corrected chi connectivity index (χ0v) is 12.0. The van der Waals surface area contributed by atoms with Gasteiger partial charge in [0, 0.05) is 30.8 Å². The molecular weight excluding hydrogens is 276 g/mol. The minimum absolute atomic E-state index is 0.0404. The highest BCUT2D eigenvalue weighted by molar-refractivity contribution is 5.90. The van der Waals surface area contributed by atoms with Crippen molar-refractivity contribution in [3.8, 4) is 11.5 Å². The first-order valence-corrected chi connectivity index (χ1v) is 6.53. The van der Waals surface area contributed by atoms with Crippen molar-refractivity contribution in [2.24, 2.45) is 5.92 Å². The van der Waals surface area contributed by atoms with Crippen molar-refractivity contribution in [1.82, 2.24) is 4.90 Å². The van der Waals surface area contributed by atoms with E-state index in [2.05, 4.69) is 5.32 Å². The molecule has 0 radical (unpaired) electrons. The van der Waals surface area contributed by atoms with E-state index in [0.29, 0.717) is 30.3 Å². The standard InChI is InChI=1S/C14H18N2O5/c1-20-11-4-3-10(6-12(11)21-2)15-14(19)16-7-9(8-16)5-13(17)18/h3-4,6,9H,5,7-8H2,1-2H3,(H,15,19)(H,17,18). The predicted molar refractivity (Wildman–Crippen MR) is 75.9 cm³/mol. The van der Waals surface area contributed by atoms with E-state index in [9.17, 15) is 9.59 Å². The Morgan fingerprint density at radius 3 is 2.52 bits per heavy atom. The molecule has 0 aliphatic carbocycles. The van der Waals surface area contributed by atoms with Crippen LogP contribution in [-0.4, -0.2) is 49.3 Å². The molecule has 2 amide bonds. The summed E-state index contributed by atoms with van der Waals surface area (Å²) in [6, 6.07) is 4.85. The molecular formula is C14H18N2O5. The second-order valence-corrected chi connectivity index (χ2v) is 4.87. The Morgan fingerprint density at radius 2 is 1.95 bits per heavy atom. The number of likely N-dealkylation sites (tertiary alicyclic amines) is 1. The topological polar surface area (TPSA) is 88.1 Å². The van der Waals surface area contributed by atoms with E-state index in [1.165, 1.54) is 7.11 Å². The summed E-state index contributed by atoms with van der Waals surface area (Å²) in [4.78, 5) is 24.1. The fourth-order valence-electron chi connectivity index (χ4n) is 2.23. The summed E-state index contributed by atoms with van der Waals surface area (Å²) in [6.07, 6.45) is 0.0974. The van der Waals surface area contributed by atoms with Gasteiger partial charge in [0.15, 0.2) is 11.5 Å². The molecule has 7 heteroatoms. The Hall–Kier alpha value is -2.44. The number of anilines is 1. The molecule has 0 spiro atoms. The first-order chi connectivity index (χ1) is 10.0. The van der Waals surface area contributed by atoms with E-state index in [1.807, 2.05) is 0 Å². The molecule has 0 bridgehead atoms. The third kappa shape index (κ3) is 3.56. The largest absolute Gasteiger partial charge is 0.493 e. The fourth-order valence-corrected chi connectivity index (χ4v) is 2.23. The number of ether oxygens (including phenoxy) is 2. The van der Waals surface area contributed by atoms with Crippen LogP contribution < -0.4 is 14.8 Å². The Morgan fingerprint density at radius 1 is 1.29 bits per heavy atom. The number of rotatable bonds is 5. The summed E-state index contributed by atoms with van der Waals surface area (Å²) < 4.78 is 10.3. The molecule has 21 heavy (non-hydrogen) atoms. The Bertz CT molecular complexity index is 540. The number of carboxylic acids is 1. The highest BCUT2D eigenvalue weighted by atomic mass is 16.5. The van der Waals surface area contributed by atoms with Gasteiger partial charge in [-0.25, -0.2) is 4.79 Å². The molecule has 1 aliphatic heterocycles. The zero-order chi connectivity index (χ0) is 15.4. The summed E-state index contributed by atoms with van der Waals surface area (Å²) in [5, 5.41) is 11.4. The van der Waals surface area contributed by atoms with Crippen LogP contribution in [0.2, 0.25) is 0 Å². The Kier molecular flexibility index (Phi) is 4.52. The van der Waals surface area contributed by atoms with E-state index < -0.39 is 5.97 Å². The normalized spacial score (nSPS) is 14.3. The molecule has 1 aromatic rings. The number of carboxylic acid groups (broad SMARTS) is 1.